The van der Waals surface area contributed by atoms with Crippen LogP contribution in [-0.2, 0) is 0 Å². The number of ether oxygens (including phenoxy) is 1. The van der Waals surface area contributed by atoms with E-state index in [0.29, 0.717) is 6.61 Å². The van der Waals surface area contributed by atoms with Crippen LogP contribution in [0.15, 0.2) is 31.6 Å². The van der Waals surface area contributed by atoms with E-state index in [0.717, 1.165) is 20.4 Å². The molecule has 0 aliphatic carbocycles. The fourth-order valence-corrected chi connectivity index (χ4v) is 2.74. The zero-order valence-corrected chi connectivity index (χ0v) is 13.0. The number of nitrogens with one attached hydrogen (secondary N) is 1. The second-order valence-electron chi connectivity index (χ2n) is 2.82. The first kappa shape index (κ1) is 14.2. The maximum atomic E-state index is 5.47. The molecule has 2 nitrogen and oxygen atoms in total. The predicted octanol–water partition coefficient (Wildman–Crippen LogP) is 4.95. The zero-order valence-electron chi connectivity index (χ0n) is 8.36. The van der Waals surface area contributed by atoms with E-state index < -0.39 is 0 Å². The molecule has 0 radical (unpaired) electrons. The standard InChI is InChI=1S/C10H9Br2Cl2NO/c1-15-10-7(11)4-6(5-8(10)12)16-3-2-9(13)14/h2,4-5,15H,3H2,1H3. The molecule has 1 aromatic carbocycles. The number of anilines is 1. The lowest BCUT2D eigenvalue weighted by atomic mass is 10.3. The molecule has 0 saturated heterocycles. The lowest BCUT2D eigenvalue weighted by Crippen LogP contribution is -1.96. The molecule has 0 aliphatic heterocycles. The van der Waals surface area contributed by atoms with Crippen LogP contribution in [0.4, 0.5) is 5.69 Å². The van der Waals surface area contributed by atoms with Crippen molar-refractivity contribution in [1.29, 1.82) is 0 Å². The van der Waals surface area contributed by atoms with Gasteiger partial charge in [-0.25, -0.2) is 0 Å². The quantitative estimate of drug-likeness (QED) is 0.786. The minimum Gasteiger partial charge on any atom is -0.489 e. The summed E-state index contributed by atoms with van der Waals surface area (Å²) in [5.74, 6) is 0.726. The summed E-state index contributed by atoms with van der Waals surface area (Å²) in [5, 5.41) is 3.06. The van der Waals surface area contributed by atoms with Gasteiger partial charge in [-0.2, -0.15) is 0 Å². The molecule has 6 heteroatoms. The Morgan fingerprint density at radius 3 is 2.38 bits per heavy atom. The summed E-state index contributed by atoms with van der Waals surface area (Å²) in [7, 11) is 1.85. The van der Waals surface area contributed by atoms with E-state index in [4.69, 9.17) is 27.9 Å². The van der Waals surface area contributed by atoms with Crippen LogP contribution in [-0.4, -0.2) is 13.7 Å². The maximum Gasteiger partial charge on any atom is 0.122 e. The van der Waals surface area contributed by atoms with E-state index in [1.54, 1.807) is 6.08 Å². The first-order chi connectivity index (χ1) is 7.54. The van der Waals surface area contributed by atoms with Gasteiger partial charge in [-0.1, -0.05) is 23.2 Å². The minimum absolute atomic E-state index is 0.199. The molecule has 88 valence electrons. The summed E-state index contributed by atoms with van der Waals surface area (Å²) < 4.78 is 7.48. The van der Waals surface area contributed by atoms with Crippen LogP contribution in [0.3, 0.4) is 0 Å². The van der Waals surface area contributed by atoms with Gasteiger partial charge >= 0.3 is 0 Å². The second-order valence-corrected chi connectivity index (χ2v) is 5.53. The Hall–Kier alpha value is 0.1000. The molecule has 1 N–H and O–H groups in total. The maximum absolute atomic E-state index is 5.47. The van der Waals surface area contributed by atoms with E-state index >= 15 is 0 Å². The average Bonchev–Trinajstić information content (AvgIpc) is 2.16. The van der Waals surface area contributed by atoms with E-state index in [9.17, 15) is 0 Å². The first-order valence-electron chi connectivity index (χ1n) is 4.35. The van der Waals surface area contributed by atoms with Crippen molar-refractivity contribution < 1.29 is 4.74 Å². The molecule has 16 heavy (non-hydrogen) atoms. The van der Waals surface area contributed by atoms with Gasteiger partial charge in [0.2, 0.25) is 0 Å². The van der Waals surface area contributed by atoms with Gasteiger partial charge in [0, 0.05) is 16.0 Å². The van der Waals surface area contributed by atoms with Crippen LogP contribution >= 0.6 is 55.1 Å². The zero-order chi connectivity index (χ0) is 12.1. The summed E-state index contributed by atoms with van der Waals surface area (Å²) in [4.78, 5) is 0. The Morgan fingerprint density at radius 1 is 1.38 bits per heavy atom. The molecular weight excluding hydrogens is 381 g/mol. The van der Waals surface area contributed by atoms with Gasteiger partial charge in [0.1, 0.15) is 16.8 Å². The van der Waals surface area contributed by atoms with Gasteiger partial charge in [0.05, 0.1) is 5.69 Å². The highest BCUT2D eigenvalue weighted by atomic mass is 79.9. The van der Waals surface area contributed by atoms with Gasteiger partial charge in [-0.05, 0) is 50.1 Å². The van der Waals surface area contributed by atoms with Crippen molar-refractivity contribution in [3.8, 4) is 5.75 Å². The molecule has 0 spiro atoms. The Labute approximate surface area is 121 Å². The Morgan fingerprint density at radius 2 is 1.94 bits per heavy atom. The molecule has 0 saturated carbocycles. The minimum atomic E-state index is 0.199. The second kappa shape index (κ2) is 6.74. The molecular formula is C10H9Br2Cl2NO. The fraction of sp³-hybridized carbons (Fsp3) is 0.200. The van der Waals surface area contributed by atoms with Crippen molar-refractivity contribution in [2.75, 3.05) is 19.0 Å². The van der Waals surface area contributed by atoms with Crippen molar-refractivity contribution in [1.82, 2.24) is 0 Å². The van der Waals surface area contributed by atoms with Gasteiger partial charge in [0.25, 0.3) is 0 Å². The lowest BCUT2D eigenvalue weighted by Gasteiger charge is -2.10. The third-order valence-corrected chi connectivity index (χ3v) is 3.31. The molecule has 1 aromatic rings. The first-order valence-corrected chi connectivity index (χ1v) is 6.69. The number of benzene rings is 1. The van der Waals surface area contributed by atoms with Crippen LogP contribution < -0.4 is 10.1 Å². The smallest absolute Gasteiger partial charge is 0.122 e. The number of hydrogen-bond donors (Lipinski definition) is 1. The molecule has 0 heterocycles. The molecule has 0 amide bonds. The summed E-state index contributed by atoms with van der Waals surface area (Å²) in [6.45, 7) is 0.333. The summed E-state index contributed by atoms with van der Waals surface area (Å²) in [6, 6.07) is 3.74. The van der Waals surface area contributed by atoms with E-state index in [1.165, 1.54) is 0 Å². The van der Waals surface area contributed by atoms with Gasteiger partial charge < -0.3 is 10.1 Å². The van der Waals surface area contributed by atoms with Crippen LogP contribution in [0.2, 0.25) is 0 Å². The van der Waals surface area contributed by atoms with Crippen molar-refractivity contribution in [3.05, 3.63) is 31.6 Å². The molecule has 0 bridgehead atoms. The van der Waals surface area contributed by atoms with Crippen LogP contribution in [0.5, 0.6) is 5.75 Å². The molecule has 0 atom stereocenters. The van der Waals surface area contributed by atoms with Crippen molar-refractivity contribution in [2.45, 2.75) is 0 Å². The SMILES string of the molecule is CNc1c(Br)cc(OCC=C(Cl)Cl)cc1Br. The lowest BCUT2D eigenvalue weighted by molar-refractivity contribution is 0.362. The average molecular weight is 390 g/mol. The van der Waals surface area contributed by atoms with E-state index in [1.807, 2.05) is 19.2 Å². The highest BCUT2D eigenvalue weighted by Gasteiger charge is 2.06. The molecule has 0 unspecified atom stereocenters. The predicted molar refractivity (Wildman–Crippen MR) is 76.7 cm³/mol. The van der Waals surface area contributed by atoms with E-state index in [2.05, 4.69) is 37.2 Å². The molecule has 0 fully saturated rings. The number of halogens is 4. The van der Waals surface area contributed by atoms with Crippen LogP contribution in [0.1, 0.15) is 0 Å². The monoisotopic (exact) mass is 387 g/mol. The largest absolute Gasteiger partial charge is 0.489 e. The highest BCUT2D eigenvalue weighted by molar-refractivity contribution is 9.11. The van der Waals surface area contributed by atoms with E-state index in [-0.39, 0.29) is 4.49 Å². The summed E-state index contributed by atoms with van der Waals surface area (Å²) in [6.07, 6.45) is 1.58. The Bertz CT molecular complexity index is 383. The molecule has 1 rings (SSSR count). The van der Waals surface area contributed by atoms with Gasteiger partial charge in [-0.15, -0.1) is 0 Å². The van der Waals surface area contributed by atoms with Crippen LogP contribution in [0, 0.1) is 0 Å². The third-order valence-electron chi connectivity index (χ3n) is 1.75. The van der Waals surface area contributed by atoms with Crippen molar-refractivity contribution in [2.24, 2.45) is 0 Å². The normalized spacial score (nSPS) is 9.81. The molecule has 0 aromatic heterocycles. The van der Waals surface area contributed by atoms with Crippen molar-refractivity contribution in [3.63, 3.8) is 0 Å². The topological polar surface area (TPSA) is 21.3 Å². The number of rotatable bonds is 4. The highest BCUT2D eigenvalue weighted by Crippen LogP contribution is 2.34. The Balaban J connectivity index is 2.80. The van der Waals surface area contributed by atoms with Crippen LogP contribution in [0.25, 0.3) is 0 Å². The fourth-order valence-electron chi connectivity index (χ4n) is 1.07. The molecule has 0 aliphatic rings. The van der Waals surface area contributed by atoms with Crippen molar-refractivity contribution >= 4 is 60.7 Å². The summed E-state index contributed by atoms with van der Waals surface area (Å²) >= 11 is 17.8. The van der Waals surface area contributed by atoms with Gasteiger partial charge in [0.15, 0.2) is 0 Å². The summed E-state index contributed by atoms with van der Waals surface area (Å²) in [5.41, 5.74) is 0.971. The third kappa shape index (κ3) is 4.17. The van der Waals surface area contributed by atoms with Gasteiger partial charge in [-0.3, -0.25) is 0 Å². The number of hydrogen-bond acceptors (Lipinski definition) is 2. The Kier molecular flexibility index (Phi) is 5.97.